The van der Waals surface area contributed by atoms with E-state index in [1.165, 1.54) is 6.42 Å². The number of hydrogen-bond donors (Lipinski definition) is 1. The topological polar surface area (TPSA) is 45.2 Å². The molecule has 0 bridgehead atoms. The van der Waals surface area contributed by atoms with E-state index < -0.39 is 0 Å². The highest BCUT2D eigenvalue weighted by molar-refractivity contribution is 7.13. The number of piperidine rings is 1. The van der Waals surface area contributed by atoms with Gasteiger partial charge in [0.05, 0.1) is 11.7 Å². The first-order valence-electron chi connectivity index (χ1n) is 9.74. The average Bonchev–Trinajstić information content (AvgIpc) is 3.23. The van der Waals surface area contributed by atoms with Crippen LogP contribution in [0, 0.1) is 24.7 Å². The molecule has 3 atom stereocenters. The molecule has 2 fully saturated rings. The number of anilines is 1. The molecule has 1 aromatic heterocycles. The number of halogens is 1. The molecule has 0 unspecified atom stereocenters. The summed E-state index contributed by atoms with van der Waals surface area (Å²) in [6.07, 6.45) is 2.95. The fourth-order valence-corrected chi connectivity index (χ4v) is 5.00. The van der Waals surface area contributed by atoms with Crippen molar-refractivity contribution >= 4 is 34.0 Å². The molecule has 0 radical (unpaired) electrons. The van der Waals surface area contributed by atoms with E-state index in [0.29, 0.717) is 11.8 Å². The second-order valence-electron chi connectivity index (χ2n) is 7.95. The Morgan fingerprint density at radius 3 is 2.52 bits per heavy atom. The van der Waals surface area contributed by atoms with E-state index in [-0.39, 0.29) is 17.9 Å². The van der Waals surface area contributed by atoms with Crippen molar-refractivity contribution < 1.29 is 4.79 Å². The number of rotatable bonds is 5. The van der Waals surface area contributed by atoms with Crippen LogP contribution in [0.1, 0.15) is 43.5 Å². The van der Waals surface area contributed by atoms with Gasteiger partial charge in [-0.05, 0) is 55.7 Å². The summed E-state index contributed by atoms with van der Waals surface area (Å²) in [5.74, 6) is 1.49. The van der Waals surface area contributed by atoms with Gasteiger partial charge in [0.1, 0.15) is 0 Å². The van der Waals surface area contributed by atoms with Crippen LogP contribution in [0.15, 0.2) is 29.6 Å². The number of aromatic nitrogens is 1. The lowest BCUT2D eigenvalue weighted by Gasteiger charge is -2.32. The zero-order valence-electron chi connectivity index (χ0n) is 15.8. The van der Waals surface area contributed by atoms with Crippen LogP contribution in [0.2, 0.25) is 5.02 Å². The Morgan fingerprint density at radius 1 is 1.30 bits per heavy atom. The number of thiazole rings is 1. The maximum atomic E-state index is 13.0. The smallest absolute Gasteiger partial charge is 0.223 e. The third-order valence-electron chi connectivity index (χ3n) is 5.87. The molecule has 1 saturated carbocycles. The van der Waals surface area contributed by atoms with Gasteiger partial charge in [0, 0.05) is 29.4 Å². The van der Waals surface area contributed by atoms with Crippen molar-refractivity contribution in [1.82, 2.24) is 10.3 Å². The van der Waals surface area contributed by atoms with Crippen LogP contribution in [0.3, 0.4) is 0 Å². The summed E-state index contributed by atoms with van der Waals surface area (Å²) >= 11 is 7.73. The van der Waals surface area contributed by atoms with Crippen molar-refractivity contribution in [3.63, 3.8) is 0 Å². The number of nitrogens with one attached hydrogen (secondary N) is 1. The summed E-state index contributed by atoms with van der Waals surface area (Å²) < 4.78 is 0. The van der Waals surface area contributed by atoms with E-state index in [9.17, 15) is 4.79 Å². The van der Waals surface area contributed by atoms with Crippen LogP contribution < -0.4 is 10.2 Å². The van der Waals surface area contributed by atoms with Gasteiger partial charge in [0.2, 0.25) is 5.91 Å². The Bertz CT molecular complexity index is 798. The third-order valence-corrected chi connectivity index (χ3v) is 7.14. The van der Waals surface area contributed by atoms with E-state index in [2.05, 4.69) is 27.5 Å². The molecule has 1 aromatic carbocycles. The van der Waals surface area contributed by atoms with Gasteiger partial charge in [0.15, 0.2) is 5.13 Å². The number of benzene rings is 1. The molecule has 0 spiro atoms. The molecule has 27 heavy (non-hydrogen) atoms. The first-order chi connectivity index (χ1) is 13.0. The summed E-state index contributed by atoms with van der Waals surface area (Å²) in [4.78, 5) is 19.8. The Labute approximate surface area is 169 Å². The van der Waals surface area contributed by atoms with Gasteiger partial charge in [-0.15, -0.1) is 11.3 Å². The Hall–Kier alpha value is -1.59. The molecule has 4 nitrogen and oxygen atoms in total. The highest BCUT2D eigenvalue weighted by Gasteiger charge is 2.41. The fourth-order valence-electron chi connectivity index (χ4n) is 4.01. The van der Waals surface area contributed by atoms with Crippen LogP contribution in [-0.2, 0) is 4.79 Å². The maximum Gasteiger partial charge on any atom is 0.223 e. The molecular formula is C21H26ClN3OS. The van der Waals surface area contributed by atoms with E-state index in [1.807, 2.05) is 31.2 Å². The number of nitrogens with zero attached hydrogens (tertiary/aromatic N) is 2. The van der Waals surface area contributed by atoms with Crippen molar-refractivity contribution in [3.05, 3.63) is 45.9 Å². The molecule has 2 aliphatic rings. The molecule has 144 valence electrons. The number of amides is 1. The molecule has 2 aromatic rings. The summed E-state index contributed by atoms with van der Waals surface area (Å²) in [6.45, 7) is 6.08. The van der Waals surface area contributed by atoms with Crippen molar-refractivity contribution in [2.45, 2.75) is 39.2 Å². The predicted octanol–water partition coefficient (Wildman–Crippen LogP) is 4.83. The molecule has 4 rings (SSSR count). The summed E-state index contributed by atoms with van der Waals surface area (Å²) in [7, 11) is 0. The molecule has 1 aliphatic heterocycles. The predicted molar refractivity (Wildman–Crippen MR) is 111 cm³/mol. The molecule has 1 amide bonds. The number of hydrogen-bond acceptors (Lipinski definition) is 4. The minimum absolute atomic E-state index is 0.0890. The Kier molecular flexibility index (Phi) is 5.42. The van der Waals surface area contributed by atoms with Gasteiger partial charge < -0.3 is 10.2 Å². The zero-order chi connectivity index (χ0) is 19.0. The fraction of sp³-hybridized carbons (Fsp3) is 0.524. The van der Waals surface area contributed by atoms with E-state index in [4.69, 9.17) is 11.6 Å². The Balaban J connectivity index is 1.38. The van der Waals surface area contributed by atoms with E-state index >= 15 is 0 Å². The van der Waals surface area contributed by atoms with Crippen molar-refractivity contribution in [1.29, 1.82) is 0 Å². The minimum Gasteiger partial charge on any atom is -0.349 e. The van der Waals surface area contributed by atoms with Crippen LogP contribution in [0.4, 0.5) is 5.13 Å². The highest BCUT2D eigenvalue weighted by atomic mass is 35.5. The lowest BCUT2D eigenvalue weighted by molar-refractivity contribution is -0.126. The minimum atomic E-state index is 0.0890. The van der Waals surface area contributed by atoms with Gasteiger partial charge in [0.25, 0.3) is 0 Å². The second kappa shape index (κ2) is 7.80. The van der Waals surface area contributed by atoms with Crippen molar-refractivity contribution in [3.8, 4) is 0 Å². The average molecular weight is 404 g/mol. The zero-order valence-corrected chi connectivity index (χ0v) is 17.4. The first-order valence-corrected chi connectivity index (χ1v) is 11.0. The Morgan fingerprint density at radius 2 is 1.96 bits per heavy atom. The van der Waals surface area contributed by atoms with Crippen LogP contribution in [-0.4, -0.2) is 24.0 Å². The number of aryl methyl sites for hydroxylation is 1. The molecule has 6 heteroatoms. The van der Waals surface area contributed by atoms with Crippen LogP contribution in [0.25, 0.3) is 0 Å². The standard InChI is InChI=1S/C21H26ClN3OS/c1-13-11-18(13)19(15-3-5-17(22)6-4-15)24-20(26)16-7-9-25(10-8-16)21-23-14(2)12-27-21/h3-6,12-13,16,18-19H,7-11H2,1-2H3,(H,24,26)/t13-,18+,19-/m1/s1. The lowest BCUT2D eigenvalue weighted by Crippen LogP contribution is -2.42. The highest BCUT2D eigenvalue weighted by Crippen LogP contribution is 2.47. The van der Waals surface area contributed by atoms with E-state index in [1.54, 1.807) is 11.3 Å². The van der Waals surface area contributed by atoms with Crippen molar-refractivity contribution in [2.75, 3.05) is 18.0 Å². The quantitative estimate of drug-likeness (QED) is 0.777. The SMILES string of the molecule is Cc1csc(N2CCC(C(=O)N[C@H](c3ccc(Cl)cc3)[C@H]3C[C@H]3C)CC2)n1. The van der Waals surface area contributed by atoms with Gasteiger partial charge in [-0.25, -0.2) is 4.98 Å². The summed E-state index contributed by atoms with van der Waals surface area (Å²) in [5.41, 5.74) is 2.23. The van der Waals surface area contributed by atoms with Gasteiger partial charge in [-0.3, -0.25) is 4.79 Å². The lowest BCUT2D eigenvalue weighted by atomic mass is 9.94. The normalized spacial score (nSPS) is 23.9. The monoisotopic (exact) mass is 403 g/mol. The van der Waals surface area contributed by atoms with Crippen molar-refractivity contribution in [2.24, 2.45) is 17.8 Å². The number of carbonyl (C=O) groups is 1. The van der Waals surface area contributed by atoms with Gasteiger partial charge in [-0.1, -0.05) is 30.7 Å². The van der Waals surface area contributed by atoms with Gasteiger partial charge >= 0.3 is 0 Å². The van der Waals surface area contributed by atoms with Crippen LogP contribution in [0.5, 0.6) is 0 Å². The first kappa shape index (κ1) is 18.8. The summed E-state index contributed by atoms with van der Waals surface area (Å²) in [6, 6.07) is 8.02. The number of carbonyl (C=O) groups excluding carboxylic acids is 1. The molecule has 1 N–H and O–H groups in total. The molecular weight excluding hydrogens is 378 g/mol. The van der Waals surface area contributed by atoms with Crippen LogP contribution >= 0.6 is 22.9 Å². The molecule has 1 saturated heterocycles. The third kappa shape index (κ3) is 4.30. The van der Waals surface area contributed by atoms with Gasteiger partial charge in [-0.2, -0.15) is 0 Å². The second-order valence-corrected chi connectivity index (χ2v) is 9.22. The van der Waals surface area contributed by atoms with E-state index in [0.717, 1.165) is 47.3 Å². The molecule has 2 heterocycles. The largest absolute Gasteiger partial charge is 0.349 e. The molecule has 1 aliphatic carbocycles. The summed E-state index contributed by atoms with van der Waals surface area (Å²) in [5, 5.41) is 7.26. The maximum absolute atomic E-state index is 13.0.